The van der Waals surface area contributed by atoms with Gasteiger partial charge in [0.15, 0.2) is 5.78 Å². The van der Waals surface area contributed by atoms with Crippen LogP contribution in [-0.4, -0.2) is 20.5 Å². The number of pyridine rings is 1. The predicted octanol–water partition coefficient (Wildman–Crippen LogP) is 4.31. The number of aromatic nitrogens is 2. The van der Waals surface area contributed by atoms with Gasteiger partial charge in [-0.05, 0) is 48.9 Å². The van der Waals surface area contributed by atoms with E-state index in [2.05, 4.69) is 18.8 Å². The summed E-state index contributed by atoms with van der Waals surface area (Å²) in [7, 11) is 0. The summed E-state index contributed by atoms with van der Waals surface area (Å²) in [6.45, 7) is 7.71. The Morgan fingerprint density at radius 1 is 1.07 bits per heavy atom. The molecule has 0 unspecified atom stereocenters. The van der Waals surface area contributed by atoms with Gasteiger partial charge in [-0.2, -0.15) is 0 Å². The van der Waals surface area contributed by atoms with Gasteiger partial charge in [-0.25, -0.2) is 0 Å². The van der Waals surface area contributed by atoms with Crippen LogP contribution < -0.4 is 5.84 Å². The number of fused-ring (bicyclic) bond motifs is 1. The van der Waals surface area contributed by atoms with Gasteiger partial charge in [0.25, 0.3) is 0 Å². The van der Waals surface area contributed by atoms with E-state index < -0.39 is 5.60 Å². The van der Waals surface area contributed by atoms with Crippen LogP contribution in [0.1, 0.15) is 55.7 Å². The molecular formula is C24H27N3O2. The summed E-state index contributed by atoms with van der Waals surface area (Å²) in [5, 5.41) is 10.8. The zero-order valence-corrected chi connectivity index (χ0v) is 17.4. The molecule has 0 spiro atoms. The second kappa shape index (κ2) is 6.56. The molecule has 150 valence electrons. The van der Waals surface area contributed by atoms with Crippen molar-refractivity contribution >= 4 is 5.78 Å². The largest absolute Gasteiger partial charge is 0.386 e. The van der Waals surface area contributed by atoms with Gasteiger partial charge in [0.05, 0.1) is 17.0 Å². The number of carbonyl (C=O) groups is 1. The third kappa shape index (κ3) is 3.25. The summed E-state index contributed by atoms with van der Waals surface area (Å²) in [5.74, 6) is 6.71. The Morgan fingerprint density at radius 2 is 1.72 bits per heavy atom. The molecule has 29 heavy (non-hydrogen) atoms. The summed E-state index contributed by atoms with van der Waals surface area (Å²) in [6, 6.07) is 11.5. The molecule has 0 aliphatic heterocycles. The molecule has 5 heteroatoms. The lowest BCUT2D eigenvalue weighted by Gasteiger charge is -2.29. The molecule has 5 nitrogen and oxygen atoms in total. The van der Waals surface area contributed by atoms with E-state index in [1.807, 2.05) is 36.4 Å². The van der Waals surface area contributed by atoms with E-state index in [1.54, 1.807) is 30.9 Å². The Morgan fingerprint density at radius 3 is 2.38 bits per heavy atom. The number of rotatable bonds is 3. The summed E-state index contributed by atoms with van der Waals surface area (Å²) in [6.07, 6.45) is 4.63. The van der Waals surface area contributed by atoms with Crippen LogP contribution in [0.3, 0.4) is 0 Å². The van der Waals surface area contributed by atoms with Gasteiger partial charge in [-0.3, -0.25) is 14.5 Å². The average Bonchev–Trinajstić information content (AvgIpc) is 2.93. The second-order valence-corrected chi connectivity index (χ2v) is 9.20. The Bertz CT molecular complexity index is 1090. The molecule has 0 saturated carbocycles. The van der Waals surface area contributed by atoms with Gasteiger partial charge in [0, 0.05) is 35.5 Å². The molecule has 0 atom stereocenters. The van der Waals surface area contributed by atoms with Crippen molar-refractivity contribution in [3.05, 3.63) is 65.6 Å². The van der Waals surface area contributed by atoms with Crippen molar-refractivity contribution in [1.29, 1.82) is 0 Å². The first-order valence-corrected chi connectivity index (χ1v) is 9.89. The van der Waals surface area contributed by atoms with Crippen molar-refractivity contribution in [3.63, 3.8) is 0 Å². The van der Waals surface area contributed by atoms with Crippen molar-refractivity contribution < 1.29 is 9.90 Å². The smallest absolute Gasteiger partial charge is 0.165 e. The zero-order valence-electron chi connectivity index (χ0n) is 17.4. The molecule has 0 radical (unpaired) electrons. The van der Waals surface area contributed by atoms with Crippen molar-refractivity contribution in [2.24, 2.45) is 5.41 Å². The maximum Gasteiger partial charge on any atom is 0.165 e. The normalized spacial score (nSPS) is 16.0. The van der Waals surface area contributed by atoms with Gasteiger partial charge < -0.3 is 10.9 Å². The number of ketones is 1. The molecule has 1 aliphatic rings. The highest BCUT2D eigenvalue weighted by molar-refractivity contribution is 6.09. The Hall–Kier alpha value is -2.92. The fourth-order valence-electron chi connectivity index (χ4n) is 4.44. The minimum atomic E-state index is -1.06. The fraction of sp³-hybridized carbons (Fsp3) is 0.333. The Kier molecular flexibility index (Phi) is 4.39. The topological polar surface area (TPSA) is 81.1 Å². The highest BCUT2D eigenvalue weighted by atomic mass is 16.3. The van der Waals surface area contributed by atoms with E-state index >= 15 is 0 Å². The first kappa shape index (κ1) is 19.4. The lowest BCUT2D eigenvalue weighted by atomic mass is 9.74. The zero-order chi connectivity index (χ0) is 21.0. The van der Waals surface area contributed by atoms with Crippen LogP contribution >= 0.6 is 0 Å². The van der Waals surface area contributed by atoms with Crippen LogP contribution in [-0.2, 0) is 12.0 Å². The van der Waals surface area contributed by atoms with Gasteiger partial charge in [-0.15, -0.1) is 0 Å². The quantitative estimate of drug-likeness (QED) is 0.654. The fourth-order valence-corrected chi connectivity index (χ4v) is 4.44. The van der Waals surface area contributed by atoms with Crippen LogP contribution in [0.15, 0.2) is 48.8 Å². The molecule has 2 heterocycles. The summed E-state index contributed by atoms with van der Waals surface area (Å²) in [4.78, 5) is 17.4. The minimum Gasteiger partial charge on any atom is -0.386 e. The predicted molar refractivity (Wildman–Crippen MR) is 115 cm³/mol. The maximum atomic E-state index is 13.3. The maximum absolute atomic E-state index is 13.3. The van der Waals surface area contributed by atoms with Gasteiger partial charge >= 0.3 is 0 Å². The summed E-state index contributed by atoms with van der Waals surface area (Å²) >= 11 is 0. The molecular weight excluding hydrogens is 362 g/mol. The van der Waals surface area contributed by atoms with Crippen LogP contribution in [0.5, 0.6) is 0 Å². The standard InChI is InChI=1S/C24H27N3O2/c1-23(2)13-18-21(19(28)14-23)20(16-7-5-6-8-17(16)24(3,4)29)22(27(18)25)15-9-11-26-12-10-15/h5-12,29H,13-14,25H2,1-4H3. The van der Waals surface area contributed by atoms with Crippen molar-refractivity contribution in [2.75, 3.05) is 5.84 Å². The number of hydrogen-bond acceptors (Lipinski definition) is 4. The lowest BCUT2D eigenvalue weighted by molar-refractivity contribution is 0.0790. The van der Waals surface area contributed by atoms with Crippen LogP contribution in [0.2, 0.25) is 0 Å². The van der Waals surface area contributed by atoms with Crippen LogP contribution in [0.4, 0.5) is 0 Å². The van der Waals surface area contributed by atoms with Gasteiger partial charge in [0.2, 0.25) is 0 Å². The minimum absolute atomic E-state index is 0.0938. The monoisotopic (exact) mass is 389 g/mol. The van der Waals surface area contributed by atoms with Crippen LogP contribution in [0, 0.1) is 5.41 Å². The highest BCUT2D eigenvalue weighted by Gasteiger charge is 2.39. The Balaban J connectivity index is 2.12. The number of nitrogens with zero attached hydrogens (tertiary/aromatic N) is 2. The van der Waals surface area contributed by atoms with E-state index in [0.29, 0.717) is 18.4 Å². The number of benzene rings is 1. The number of nitrogens with two attached hydrogens (primary N) is 1. The summed E-state index contributed by atoms with van der Waals surface area (Å²) in [5.41, 5.74) is 4.38. The third-order valence-electron chi connectivity index (χ3n) is 5.68. The first-order chi connectivity index (χ1) is 13.6. The average molecular weight is 389 g/mol. The van der Waals surface area contributed by atoms with E-state index in [0.717, 1.165) is 33.6 Å². The molecule has 0 fully saturated rings. The molecule has 4 rings (SSSR count). The molecule has 1 aromatic carbocycles. The third-order valence-corrected chi connectivity index (χ3v) is 5.68. The molecule has 3 N–H and O–H groups in total. The number of aliphatic hydroxyl groups is 1. The van der Waals surface area contributed by atoms with Gasteiger partial charge in [0.1, 0.15) is 0 Å². The highest BCUT2D eigenvalue weighted by Crippen LogP contribution is 2.46. The number of carbonyl (C=O) groups excluding carboxylic acids is 1. The van der Waals surface area contributed by atoms with Crippen molar-refractivity contribution in [1.82, 2.24) is 9.66 Å². The lowest BCUT2D eigenvalue weighted by Crippen LogP contribution is -2.29. The molecule has 1 aliphatic carbocycles. The van der Waals surface area contributed by atoms with Crippen molar-refractivity contribution in [2.45, 2.75) is 46.1 Å². The molecule has 0 bridgehead atoms. The van der Waals surface area contributed by atoms with E-state index in [-0.39, 0.29) is 11.2 Å². The Labute approximate surface area is 171 Å². The number of hydrogen-bond donors (Lipinski definition) is 2. The molecule has 3 aromatic rings. The first-order valence-electron chi connectivity index (χ1n) is 9.89. The molecule has 0 amide bonds. The van der Waals surface area contributed by atoms with E-state index in [4.69, 9.17) is 5.84 Å². The van der Waals surface area contributed by atoms with Crippen LogP contribution in [0.25, 0.3) is 22.4 Å². The second-order valence-electron chi connectivity index (χ2n) is 9.20. The van der Waals surface area contributed by atoms with E-state index in [9.17, 15) is 9.90 Å². The summed E-state index contributed by atoms with van der Waals surface area (Å²) < 4.78 is 1.67. The molecule has 0 saturated heterocycles. The molecule has 2 aromatic heterocycles. The number of nitrogen functional groups attached to an aromatic ring is 1. The number of Topliss-reactive ketones (excluding diaryl/α,β-unsaturated/α-hetero) is 1. The SMILES string of the molecule is CC1(C)CC(=O)c2c(-c3ccccc3C(C)(C)O)c(-c3ccncc3)n(N)c2C1. The van der Waals surface area contributed by atoms with Crippen molar-refractivity contribution in [3.8, 4) is 22.4 Å². The van der Waals surface area contributed by atoms with Gasteiger partial charge in [-0.1, -0.05) is 38.1 Å². The van der Waals surface area contributed by atoms with E-state index in [1.165, 1.54) is 0 Å².